The lowest BCUT2D eigenvalue weighted by atomic mass is 10.1. The van der Waals surface area contributed by atoms with Crippen molar-refractivity contribution < 1.29 is 9.59 Å². The number of carbonyl (C=O) groups excluding carboxylic acids is 2. The van der Waals surface area contributed by atoms with Gasteiger partial charge in [0.15, 0.2) is 5.13 Å². The van der Waals surface area contributed by atoms with Crippen LogP contribution in [0.3, 0.4) is 0 Å². The Hall–Kier alpha value is -3.46. The minimum Gasteiger partial charge on any atom is -0.372 e. The summed E-state index contributed by atoms with van der Waals surface area (Å²) in [5, 5.41) is 7.76. The van der Waals surface area contributed by atoms with Gasteiger partial charge < -0.3 is 15.2 Å². The number of aromatic amines is 1. The molecule has 0 aliphatic heterocycles. The molecule has 0 bridgehead atoms. The van der Waals surface area contributed by atoms with Crippen LogP contribution in [-0.2, 0) is 11.2 Å². The summed E-state index contributed by atoms with van der Waals surface area (Å²) in [5.41, 5.74) is 3.21. The minimum atomic E-state index is -0.519. The third-order valence-electron chi connectivity index (χ3n) is 5.06. The van der Waals surface area contributed by atoms with Gasteiger partial charge >= 0.3 is 0 Å². The predicted octanol–water partition coefficient (Wildman–Crippen LogP) is 3.81. The second-order valence-electron chi connectivity index (χ2n) is 7.23. The highest BCUT2D eigenvalue weighted by atomic mass is 32.1. The van der Waals surface area contributed by atoms with Crippen molar-refractivity contribution in [2.24, 2.45) is 0 Å². The second-order valence-corrected chi connectivity index (χ2v) is 8.09. The molecule has 3 aromatic rings. The van der Waals surface area contributed by atoms with E-state index < -0.39 is 11.5 Å². The van der Waals surface area contributed by atoms with Gasteiger partial charge in [-0.2, -0.15) is 0 Å². The van der Waals surface area contributed by atoms with E-state index in [1.54, 1.807) is 11.4 Å². The van der Waals surface area contributed by atoms with Gasteiger partial charge in [-0.15, -0.1) is 11.3 Å². The lowest BCUT2D eigenvalue weighted by molar-refractivity contribution is -0.116. The number of rotatable bonds is 9. The Morgan fingerprint density at radius 1 is 1.16 bits per heavy atom. The van der Waals surface area contributed by atoms with Crippen molar-refractivity contribution in [2.45, 2.75) is 33.6 Å². The Morgan fingerprint density at radius 3 is 2.62 bits per heavy atom. The lowest BCUT2D eigenvalue weighted by Gasteiger charge is -2.22. The summed E-state index contributed by atoms with van der Waals surface area (Å²) >= 11 is 1.25. The standard InChI is InChI=1S/C23H27N5O3S/c1-4-28(5-2)17-9-10-19(15(3)13-17)26-20(29)11-8-16-14-32-23(25-16)27-22(31)18-7-6-12-24-21(18)30/h6-7,9-10,12-14H,4-5,8,11H2,1-3H3,(H,24,30)(H,26,29)(H,25,27,31). The largest absolute Gasteiger partial charge is 0.372 e. The normalized spacial score (nSPS) is 10.6. The first kappa shape index (κ1) is 23.2. The van der Waals surface area contributed by atoms with Crippen molar-refractivity contribution in [2.75, 3.05) is 28.6 Å². The first-order chi connectivity index (χ1) is 15.4. The van der Waals surface area contributed by atoms with E-state index in [4.69, 9.17) is 0 Å². The number of carbonyl (C=O) groups is 2. The molecule has 0 aliphatic rings. The molecule has 32 heavy (non-hydrogen) atoms. The van der Waals surface area contributed by atoms with Crippen molar-refractivity contribution in [1.82, 2.24) is 9.97 Å². The van der Waals surface area contributed by atoms with Gasteiger partial charge in [0.2, 0.25) is 5.91 Å². The summed E-state index contributed by atoms with van der Waals surface area (Å²) in [6.45, 7) is 8.07. The number of nitrogens with zero attached hydrogens (tertiary/aromatic N) is 2. The number of hydrogen-bond donors (Lipinski definition) is 3. The van der Waals surface area contributed by atoms with E-state index in [-0.39, 0.29) is 17.9 Å². The fourth-order valence-electron chi connectivity index (χ4n) is 3.27. The molecule has 2 aromatic heterocycles. The number of thiazole rings is 1. The summed E-state index contributed by atoms with van der Waals surface area (Å²) in [6, 6.07) is 9.06. The van der Waals surface area contributed by atoms with Crippen molar-refractivity contribution >= 4 is 39.7 Å². The quantitative estimate of drug-likeness (QED) is 0.457. The number of benzene rings is 1. The topological polar surface area (TPSA) is 107 Å². The molecule has 8 nitrogen and oxygen atoms in total. The maximum absolute atomic E-state index is 12.4. The number of anilines is 3. The molecule has 0 aliphatic carbocycles. The molecule has 3 N–H and O–H groups in total. The molecular weight excluding hydrogens is 426 g/mol. The Morgan fingerprint density at radius 2 is 1.94 bits per heavy atom. The first-order valence-electron chi connectivity index (χ1n) is 10.5. The summed E-state index contributed by atoms with van der Waals surface area (Å²) in [7, 11) is 0. The van der Waals surface area contributed by atoms with E-state index in [1.165, 1.54) is 23.6 Å². The van der Waals surface area contributed by atoms with Gasteiger partial charge in [-0.25, -0.2) is 4.98 Å². The van der Waals surface area contributed by atoms with E-state index in [0.29, 0.717) is 17.2 Å². The zero-order valence-electron chi connectivity index (χ0n) is 18.4. The number of aromatic nitrogens is 2. The fourth-order valence-corrected chi connectivity index (χ4v) is 4.01. The van der Waals surface area contributed by atoms with E-state index in [0.717, 1.165) is 30.0 Å². The van der Waals surface area contributed by atoms with Crippen LogP contribution in [0.1, 0.15) is 41.9 Å². The van der Waals surface area contributed by atoms with Crippen LogP contribution in [0.25, 0.3) is 0 Å². The highest BCUT2D eigenvalue weighted by molar-refractivity contribution is 7.14. The third-order valence-corrected chi connectivity index (χ3v) is 5.86. The maximum atomic E-state index is 12.4. The molecule has 0 saturated heterocycles. The maximum Gasteiger partial charge on any atom is 0.263 e. The molecule has 0 spiro atoms. The first-order valence-corrected chi connectivity index (χ1v) is 11.4. The summed E-state index contributed by atoms with van der Waals surface area (Å²) in [4.78, 5) is 45.4. The zero-order valence-corrected chi connectivity index (χ0v) is 19.2. The van der Waals surface area contributed by atoms with Gasteiger partial charge in [0.05, 0.1) is 5.69 Å². The molecule has 0 saturated carbocycles. The summed E-state index contributed by atoms with van der Waals surface area (Å²) < 4.78 is 0. The van der Waals surface area contributed by atoms with Crippen molar-refractivity contribution in [3.63, 3.8) is 0 Å². The Kier molecular flexibility index (Phi) is 7.77. The van der Waals surface area contributed by atoms with Gasteiger partial charge in [-0.05, 0) is 63.1 Å². The molecule has 9 heteroatoms. The highest BCUT2D eigenvalue weighted by Crippen LogP contribution is 2.23. The molecule has 0 fully saturated rings. The fraction of sp³-hybridized carbons (Fsp3) is 0.304. The zero-order chi connectivity index (χ0) is 23.1. The molecule has 2 amide bonds. The van der Waals surface area contributed by atoms with Gasteiger partial charge in [-0.1, -0.05) is 0 Å². The number of amides is 2. The van der Waals surface area contributed by atoms with Crippen LogP contribution in [0, 0.1) is 6.92 Å². The average Bonchev–Trinajstić information content (AvgIpc) is 3.22. The van der Waals surface area contributed by atoms with E-state index in [2.05, 4.69) is 45.4 Å². The Labute approximate surface area is 190 Å². The van der Waals surface area contributed by atoms with Gasteiger partial charge in [0.25, 0.3) is 11.5 Å². The molecule has 0 radical (unpaired) electrons. The van der Waals surface area contributed by atoms with E-state index in [1.807, 2.05) is 19.1 Å². The number of nitrogens with one attached hydrogen (secondary N) is 3. The molecule has 3 rings (SSSR count). The van der Waals surface area contributed by atoms with Crippen molar-refractivity contribution in [1.29, 1.82) is 0 Å². The van der Waals surface area contributed by atoms with E-state index in [9.17, 15) is 14.4 Å². The lowest BCUT2D eigenvalue weighted by Crippen LogP contribution is -2.22. The van der Waals surface area contributed by atoms with E-state index >= 15 is 0 Å². The second kappa shape index (κ2) is 10.7. The monoisotopic (exact) mass is 453 g/mol. The number of aryl methyl sites for hydroxylation is 2. The third kappa shape index (κ3) is 5.82. The molecule has 168 valence electrons. The van der Waals surface area contributed by atoms with Crippen LogP contribution in [-0.4, -0.2) is 34.9 Å². The van der Waals surface area contributed by atoms with Crippen LogP contribution in [0.4, 0.5) is 16.5 Å². The predicted molar refractivity (Wildman–Crippen MR) is 129 cm³/mol. The SMILES string of the molecule is CCN(CC)c1ccc(NC(=O)CCc2csc(NC(=O)c3ccc[nH]c3=O)n2)c(C)c1. The van der Waals surface area contributed by atoms with Crippen LogP contribution in [0.15, 0.2) is 46.7 Å². The molecule has 0 unspecified atom stereocenters. The van der Waals surface area contributed by atoms with Crippen LogP contribution < -0.4 is 21.1 Å². The molecule has 0 atom stereocenters. The van der Waals surface area contributed by atoms with Crippen molar-refractivity contribution in [3.8, 4) is 0 Å². The smallest absolute Gasteiger partial charge is 0.263 e. The van der Waals surface area contributed by atoms with Gasteiger partial charge in [-0.3, -0.25) is 19.7 Å². The van der Waals surface area contributed by atoms with Gasteiger partial charge in [0, 0.05) is 42.5 Å². The number of H-pyrrole nitrogens is 1. The van der Waals surface area contributed by atoms with Crippen molar-refractivity contribution in [3.05, 3.63) is 69.1 Å². The highest BCUT2D eigenvalue weighted by Gasteiger charge is 2.13. The molecule has 2 heterocycles. The summed E-state index contributed by atoms with van der Waals surface area (Å²) in [5.74, 6) is -0.618. The Balaban J connectivity index is 1.54. The summed E-state index contributed by atoms with van der Waals surface area (Å²) in [6.07, 6.45) is 2.18. The van der Waals surface area contributed by atoms with Crippen LogP contribution in [0.2, 0.25) is 0 Å². The minimum absolute atomic E-state index is 0.0195. The average molecular weight is 454 g/mol. The number of pyridine rings is 1. The number of hydrogen-bond acceptors (Lipinski definition) is 6. The molecular formula is C23H27N5O3S. The van der Waals surface area contributed by atoms with Crippen LogP contribution in [0.5, 0.6) is 0 Å². The molecule has 1 aromatic carbocycles. The Bertz CT molecular complexity index is 1150. The van der Waals surface area contributed by atoms with Crippen LogP contribution >= 0.6 is 11.3 Å². The van der Waals surface area contributed by atoms with Gasteiger partial charge in [0.1, 0.15) is 5.56 Å².